The fraction of sp³-hybridized carbons (Fsp3) is 1.00. The van der Waals surface area contributed by atoms with Crippen LogP contribution in [-0.4, -0.2) is 38.8 Å². The van der Waals surface area contributed by atoms with Gasteiger partial charge in [-0.2, -0.15) is 0 Å². The maximum Gasteiger partial charge on any atom is 0.0340 e. The van der Waals surface area contributed by atoms with Crippen molar-refractivity contribution in [2.45, 2.75) is 30.0 Å². The molecular weight excluding hydrogens is 172 g/mol. The Morgan fingerprint density at radius 1 is 1.11 bits per heavy atom. The zero-order chi connectivity index (χ0) is 6.95. The van der Waals surface area contributed by atoms with Crippen LogP contribution >= 0.6 is 0 Å². The second-order valence-electron chi connectivity index (χ2n) is 1.63. The predicted octanol–water partition coefficient (Wildman–Crippen LogP) is 0.833. The Kier molecular flexibility index (Phi) is 9.72. The van der Waals surface area contributed by atoms with Gasteiger partial charge in [0.15, 0.2) is 0 Å². The summed E-state index contributed by atoms with van der Waals surface area (Å²) < 4.78 is 0. The highest BCUT2D eigenvalue weighted by atomic mass is 28.3. The first-order valence-corrected chi connectivity index (χ1v) is 8.13. The van der Waals surface area contributed by atoms with Crippen molar-refractivity contribution in [2.75, 3.05) is 0 Å². The second kappa shape index (κ2) is 8.87. The van der Waals surface area contributed by atoms with Crippen LogP contribution in [0.4, 0.5) is 0 Å². The van der Waals surface area contributed by atoms with Crippen molar-refractivity contribution in [2.24, 2.45) is 0 Å². The van der Waals surface area contributed by atoms with Gasteiger partial charge < -0.3 is 0 Å². The molecule has 0 aromatic carbocycles. The van der Waals surface area contributed by atoms with Crippen LogP contribution in [0.5, 0.6) is 0 Å². The smallest absolute Gasteiger partial charge is 0.0340 e. The highest BCUT2D eigenvalue weighted by molar-refractivity contribution is 6.65. The van der Waals surface area contributed by atoms with E-state index in [-0.39, 0.29) is 0 Å². The maximum atomic E-state index is 3.48. The van der Waals surface area contributed by atoms with E-state index in [9.17, 15) is 0 Å². The van der Waals surface area contributed by atoms with E-state index < -0.39 is 0 Å². The first-order chi connectivity index (χ1) is 4.41. The summed E-state index contributed by atoms with van der Waals surface area (Å²) in [7, 11) is 7.10. The number of hydrogen-bond acceptors (Lipinski definition) is 0. The quantitative estimate of drug-likeness (QED) is 0.423. The summed E-state index contributed by atoms with van der Waals surface area (Å²) in [5, 5.41) is 0. The third-order valence-corrected chi connectivity index (χ3v) is 6.37. The maximum absolute atomic E-state index is 3.48. The fourth-order valence-electron chi connectivity index (χ4n) is 0.427. The molecule has 0 spiro atoms. The molecule has 9 radical (unpaired) electrons. The van der Waals surface area contributed by atoms with Gasteiger partial charge in [-0.1, -0.05) is 30.0 Å². The van der Waals surface area contributed by atoms with Gasteiger partial charge in [0.1, 0.15) is 0 Å². The molecule has 0 aliphatic heterocycles. The molecule has 4 heteroatoms. The van der Waals surface area contributed by atoms with Crippen molar-refractivity contribution in [3.63, 3.8) is 0 Å². The van der Waals surface area contributed by atoms with Crippen molar-refractivity contribution >= 4 is 38.8 Å². The van der Waals surface area contributed by atoms with Crippen molar-refractivity contribution in [3.05, 3.63) is 0 Å². The highest BCUT2D eigenvalue weighted by Gasteiger charge is 1.89. The lowest BCUT2D eigenvalue weighted by Crippen LogP contribution is -2.00. The number of rotatable bonds is 6. The minimum atomic E-state index is 1.16. The minimum absolute atomic E-state index is 1.16. The lowest BCUT2D eigenvalue weighted by Gasteiger charge is -1.92. The Bertz CT molecular complexity index is 42.2. The normalized spacial score (nSPS) is 10.0. The lowest BCUT2D eigenvalue weighted by atomic mass is 11.0. The summed E-state index contributed by atoms with van der Waals surface area (Å²) in [4.78, 5) is 0. The van der Waals surface area contributed by atoms with E-state index >= 15 is 0 Å². The molecule has 0 N–H and O–H groups in total. The summed E-state index contributed by atoms with van der Waals surface area (Å²) in [6.45, 7) is 2.27. The molecule has 0 aliphatic rings. The van der Waals surface area contributed by atoms with Crippen LogP contribution < -0.4 is 0 Å². The molecule has 0 aromatic rings. The molecular formula is C5H11Si4. The molecule has 0 bridgehead atoms. The molecule has 0 aliphatic carbocycles. The summed E-state index contributed by atoms with van der Waals surface area (Å²) >= 11 is 0. The Morgan fingerprint density at radius 2 is 1.78 bits per heavy atom. The molecule has 0 nitrogen and oxygen atoms in total. The molecule has 0 aromatic heterocycles. The van der Waals surface area contributed by atoms with E-state index in [1.165, 1.54) is 42.1 Å². The van der Waals surface area contributed by atoms with Crippen LogP contribution in [0.1, 0.15) is 6.92 Å². The molecule has 0 atom stereocenters. The summed E-state index contributed by atoms with van der Waals surface area (Å²) in [5.74, 6) is 0. The molecule has 0 rings (SSSR count). The monoisotopic (exact) mass is 183 g/mol. The van der Waals surface area contributed by atoms with Gasteiger partial charge in [0.25, 0.3) is 0 Å². The fourth-order valence-corrected chi connectivity index (χ4v) is 6.09. The van der Waals surface area contributed by atoms with E-state index in [1.54, 1.807) is 0 Å². The van der Waals surface area contributed by atoms with E-state index in [0.29, 0.717) is 0 Å². The van der Waals surface area contributed by atoms with E-state index in [1.807, 2.05) is 0 Å². The van der Waals surface area contributed by atoms with Gasteiger partial charge in [0.05, 0.1) is 0 Å². The average molecular weight is 183 g/mol. The van der Waals surface area contributed by atoms with Crippen LogP contribution in [0.2, 0.25) is 23.0 Å². The van der Waals surface area contributed by atoms with E-state index in [0.717, 1.165) is 9.52 Å². The van der Waals surface area contributed by atoms with Gasteiger partial charge >= 0.3 is 0 Å². The summed E-state index contributed by atoms with van der Waals surface area (Å²) in [6.07, 6.45) is 0. The van der Waals surface area contributed by atoms with Gasteiger partial charge in [-0.3, -0.25) is 0 Å². The van der Waals surface area contributed by atoms with Gasteiger partial charge in [-0.25, -0.2) is 0 Å². The van der Waals surface area contributed by atoms with Gasteiger partial charge in [0.2, 0.25) is 0 Å². The summed E-state index contributed by atoms with van der Waals surface area (Å²) in [5.41, 5.74) is 4.18. The first-order valence-electron chi connectivity index (χ1n) is 3.18. The summed E-state index contributed by atoms with van der Waals surface area (Å²) in [6, 6.07) is 1.39. The average Bonchev–Trinajstić information content (AvgIpc) is 1.89. The molecule has 0 unspecified atom stereocenters. The second-order valence-corrected chi connectivity index (χ2v) is 8.08. The molecule has 0 saturated carbocycles. The SMILES string of the molecule is CC[Si]C[Si]C[Si]C[Si]. The van der Waals surface area contributed by atoms with E-state index in [2.05, 4.69) is 17.2 Å². The lowest BCUT2D eigenvalue weighted by molar-refractivity contribution is 1.44. The van der Waals surface area contributed by atoms with Crippen molar-refractivity contribution in [3.8, 4) is 0 Å². The Balaban J connectivity index is 2.60. The Morgan fingerprint density at radius 3 is 2.33 bits per heavy atom. The zero-order valence-corrected chi connectivity index (χ0v) is 9.83. The number of hydrogen-bond donors (Lipinski definition) is 0. The molecule has 0 fully saturated rings. The Labute approximate surface area is 69.1 Å². The first kappa shape index (κ1) is 9.87. The molecule has 9 heavy (non-hydrogen) atoms. The Hall–Kier alpha value is 0.868. The van der Waals surface area contributed by atoms with Crippen LogP contribution in [0.15, 0.2) is 0 Å². The van der Waals surface area contributed by atoms with Crippen LogP contribution in [-0.2, 0) is 0 Å². The topological polar surface area (TPSA) is 0 Å². The third-order valence-electron chi connectivity index (χ3n) is 0.875. The largest absolute Gasteiger partial charge is 0.0718 e. The highest BCUT2D eigenvalue weighted by Crippen LogP contribution is 1.86. The predicted molar refractivity (Wildman–Crippen MR) is 47.9 cm³/mol. The molecule has 0 heterocycles. The van der Waals surface area contributed by atoms with Gasteiger partial charge in [-0.05, 0) is 0 Å². The van der Waals surface area contributed by atoms with Crippen LogP contribution in [0.3, 0.4) is 0 Å². The molecule has 0 saturated heterocycles. The minimum Gasteiger partial charge on any atom is -0.0718 e. The zero-order valence-electron chi connectivity index (χ0n) is 5.83. The van der Waals surface area contributed by atoms with Gasteiger partial charge in [0, 0.05) is 38.8 Å². The van der Waals surface area contributed by atoms with Crippen LogP contribution in [0, 0.1) is 0 Å². The van der Waals surface area contributed by atoms with E-state index in [4.69, 9.17) is 0 Å². The standard InChI is InChI=1S/C5H11Si4/c1-2-7-4-9-5-8-3-6/h2-5H2,1H3. The van der Waals surface area contributed by atoms with Crippen molar-refractivity contribution in [1.82, 2.24) is 0 Å². The van der Waals surface area contributed by atoms with Crippen LogP contribution in [0.25, 0.3) is 0 Å². The van der Waals surface area contributed by atoms with Gasteiger partial charge in [-0.15, -0.1) is 0 Å². The third kappa shape index (κ3) is 8.87. The molecule has 0 amide bonds. The molecule has 47 valence electrons. The van der Waals surface area contributed by atoms with Crippen molar-refractivity contribution < 1.29 is 0 Å². The van der Waals surface area contributed by atoms with Crippen molar-refractivity contribution in [1.29, 1.82) is 0 Å².